The quantitative estimate of drug-likeness (QED) is 0.422. The van der Waals surface area contributed by atoms with Crippen LogP contribution in [0.5, 0.6) is 0 Å². The number of carbonyl (C=O) groups excluding carboxylic acids is 1. The summed E-state index contributed by atoms with van der Waals surface area (Å²) in [6.07, 6.45) is 5.22. The summed E-state index contributed by atoms with van der Waals surface area (Å²) in [5.41, 5.74) is 0. The fraction of sp³-hybridized carbons (Fsp3) is 0.438. The highest BCUT2D eigenvalue weighted by Gasteiger charge is 2.24. The number of nitrogens with one attached hydrogen (secondary N) is 1. The van der Waals surface area contributed by atoms with Gasteiger partial charge in [0.25, 0.3) is 5.91 Å². The Morgan fingerprint density at radius 3 is 2.64 bits per heavy atom. The summed E-state index contributed by atoms with van der Waals surface area (Å²) in [4.78, 5) is 20.6. The molecule has 25 heavy (non-hydrogen) atoms. The number of aliphatic imine (C=N–C) groups is 1. The number of nitrogens with zero attached hydrogens (tertiary/aromatic N) is 5. The van der Waals surface area contributed by atoms with E-state index in [9.17, 15) is 4.79 Å². The zero-order valence-corrected chi connectivity index (χ0v) is 16.5. The van der Waals surface area contributed by atoms with Gasteiger partial charge in [-0.15, -0.1) is 24.0 Å². The van der Waals surface area contributed by atoms with Gasteiger partial charge in [-0.25, -0.2) is 0 Å². The van der Waals surface area contributed by atoms with Crippen molar-refractivity contribution in [3.63, 3.8) is 0 Å². The van der Waals surface area contributed by atoms with Gasteiger partial charge in [-0.05, 0) is 18.2 Å². The van der Waals surface area contributed by atoms with Crippen LogP contribution in [0.4, 0.5) is 0 Å². The molecule has 0 bridgehead atoms. The highest BCUT2D eigenvalue weighted by atomic mass is 127. The Morgan fingerprint density at radius 2 is 2.04 bits per heavy atom. The summed E-state index contributed by atoms with van der Waals surface area (Å²) in [7, 11) is 1.77. The second-order valence-electron chi connectivity index (χ2n) is 5.50. The highest BCUT2D eigenvalue weighted by Crippen LogP contribution is 2.09. The van der Waals surface area contributed by atoms with E-state index in [1.54, 1.807) is 25.4 Å². The van der Waals surface area contributed by atoms with E-state index in [1.807, 2.05) is 21.8 Å². The molecule has 1 fully saturated rings. The molecule has 3 rings (SSSR count). The van der Waals surface area contributed by atoms with Gasteiger partial charge in [0.2, 0.25) is 0 Å². The van der Waals surface area contributed by atoms with Crippen molar-refractivity contribution in [3.05, 3.63) is 42.6 Å². The highest BCUT2D eigenvalue weighted by molar-refractivity contribution is 14.0. The second-order valence-corrected chi connectivity index (χ2v) is 5.50. The normalized spacial score (nSPS) is 15.0. The molecular weight excluding hydrogens is 435 g/mol. The van der Waals surface area contributed by atoms with E-state index in [0.29, 0.717) is 18.8 Å². The molecule has 1 amide bonds. The zero-order valence-electron chi connectivity index (χ0n) is 14.2. The summed E-state index contributed by atoms with van der Waals surface area (Å²) in [5, 5.41) is 7.52. The van der Waals surface area contributed by atoms with E-state index in [0.717, 1.165) is 32.1 Å². The first-order chi connectivity index (χ1) is 11.8. The van der Waals surface area contributed by atoms with E-state index in [2.05, 4.69) is 20.3 Å². The number of rotatable bonds is 4. The van der Waals surface area contributed by atoms with Gasteiger partial charge in [0.1, 0.15) is 0 Å². The van der Waals surface area contributed by atoms with Gasteiger partial charge in [0.15, 0.2) is 11.7 Å². The van der Waals surface area contributed by atoms with Crippen LogP contribution in [0.25, 0.3) is 0 Å². The van der Waals surface area contributed by atoms with Crippen LogP contribution in [0.15, 0.2) is 46.3 Å². The van der Waals surface area contributed by atoms with Crippen LogP contribution in [0.1, 0.15) is 10.6 Å². The van der Waals surface area contributed by atoms with E-state index >= 15 is 0 Å². The zero-order chi connectivity index (χ0) is 16.8. The Hall–Kier alpha value is -2.04. The third-order valence-corrected chi connectivity index (χ3v) is 3.99. The average molecular weight is 458 g/mol. The van der Waals surface area contributed by atoms with Gasteiger partial charge >= 0.3 is 0 Å². The third kappa shape index (κ3) is 4.97. The van der Waals surface area contributed by atoms with Crippen LogP contribution in [0.3, 0.4) is 0 Å². The summed E-state index contributed by atoms with van der Waals surface area (Å²) < 4.78 is 7.06. The summed E-state index contributed by atoms with van der Waals surface area (Å²) in [6, 6.07) is 5.34. The van der Waals surface area contributed by atoms with E-state index in [4.69, 9.17) is 4.42 Å². The molecule has 2 aromatic heterocycles. The monoisotopic (exact) mass is 458 g/mol. The summed E-state index contributed by atoms with van der Waals surface area (Å²) in [6.45, 7) is 4.32. The Morgan fingerprint density at radius 1 is 1.28 bits per heavy atom. The maximum absolute atomic E-state index is 12.3. The molecule has 1 N–H and O–H groups in total. The van der Waals surface area contributed by atoms with Crippen molar-refractivity contribution in [2.24, 2.45) is 4.99 Å². The van der Waals surface area contributed by atoms with Crippen molar-refractivity contribution in [1.82, 2.24) is 24.9 Å². The lowest BCUT2D eigenvalue weighted by Crippen LogP contribution is -2.54. The number of guanidine groups is 1. The van der Waals surface area contributed by atoms with Crippen LogP contribution in [0.2, 0.25) is 0 Å². The van der Waals surface area contributed by atoms with Gasteiger partial charge in [0.05, 0.1) is 12.8 Å². The smallest absolute Gasteiger partial charge is 0.289 e. The Kier molecular flexibility index (Phi) is 7.29. The van der Waals surface area contributed by atoms with Gasteiger partial charge in [-0.1, -0.05) is 0 Å². The molecule has 0 unspecified atom stereocenters. The predicted octanol–water partition coefficient (Wildman–Crippen LogP) is 1.13. The van der Waals surface area contributed by atoms with Crippen molar-refractivity contribution in [2.75, 3.05) is 39.8 Å². The molecule has 1 saturated heterocycles. The predicted molar refractivity (Wildman–Crippen MR) is 105 cm³/mol. The molecular formula is C16H23IN6O2. The molecule has 136 valence electrons. The molecule has 0 atom stereocenters. The molecule has 0 radical (unpaired) electrons. The molecule has 0 saturated carbocycles. The first-order valence-electron chi connectivity index (χ1n) is 8.04. The minimum absolute atomic E-state index is 0. The molecule has 9 heteroatoms. The second kappa shape index (κ2) is 9.44. The fourth-order valence-corrected chi connectivity index (χ4v) is 2.72. The maximum Gasteiger partial charge on any atom is 0.289 e. The Balaban J connectivity index is 0.00000225. The van der Waals surface area contributed by atoms with Crippen molar-refractivity contribution >= 4 is 35.8 Å². The first kappa shape index (κ1) is 19.3. The topological polar surface area (TPSA) is 78.9 Å². The molecule has 1 aliphatic heterocycles. The van der Waals surface area contributed by atoms with Crippen LogP contribution < -0.4 is 5.32 Å². The largest absolute Gasteiger partial charge is 0.459 e. The number of carbonyl (C=O) groups is 1. The van der Waals surface area contributed by atoms with Crippen LogP contribution >= 0.6 is 24.0 Å². The number of hydrogen-bond acceptors (Lipinski definition) is 4. The number of piperazine rings is 1. The molecule has 8 nitrogen and oxygen atoms in total. The molecule has 0 aromatic carbocycles. The number of amides is 1. The lowest BCUT2D eigenvalue weighted by Gasteiger charge is -2.36. The fourth-order valence-electron chi connectivity index (χ4n) is 2.72. The lowest BCUT2D eigenvalue weighted by atomic mass is 10.3. The van der Waals surface area contributed by atoms with Crippen molar-refractivity contribution in [2.45, 2.75) is 6.54 Å². The van der Waals surface area contributed by atoms with Gasteiger partial charge in [0, 0.05) is 52.2 Å². The SMILES string of the molecule is CN=C(NCCn1cccn1)N1CCN(C(=O)c2ccco2)CC1.I. The molecule has 3 heterocycles. The molecule has 0 aliphatic carbocycles. The van der Waals surface area contributed by atoms with Crippen molar-refractivity contribution in [3.8, 4) is 0 Å². The number of halogens is 1. The number of furan rings is 1. The standard InChI is InChI=1S/C16H22N6O2.HI/c1-17-16(18-6-8-22-7-3-5-19-22)21-11-9-20(10-12-21)15(23)14-4-2-13-24-14;/h2-5,7,13H,6,8-12H2,1H3,(H,17,18);1H. The minimum Gasteiger partial charge on any atom is -0.459 e. The lowest BCUT2D eigenvalue weighted by molar-refractivity contribution is 0.0657. The van der Waals surface area contributed by atoms with Crippen LogP contribution in [0, 0.1) is 0 Å². The molecule has 0 spiro atoms. The van der Waals surface area contributed by atoms with Crippen LogP contribution in [-0.2, 0) is 6.54 Å². The summed E-state index contributed by atoms with van der Waals surface area (Å²) >= 11 is 0. The van der Waals surface area contributed by atoms with E-state index in [1.165, 1.54) is 6.26 Å². The van der Waals surface area contributed by atoms with E-state index in [-0.39, 0.29) is 29.9 Å². The summed E-state index contributed by atoms with van der Waals surface area (Å²) in [5.74, 6) is 1.19. The average Bonchev–Trinajstić information content (AvgIpc) is 3.32. The van der Waals surface area contributed by atoms with Crippen molar-refractivity contribution < 1.29 is 9.21 Å². The van der Waals surface area contributed by atoms with Gasteiger partial charge in [-0.3, -0.25) is 14.5 Å². The Bertz CT molecular complexity index is 663. The van der Waals surface area contributed by atoms with Gasteiger partial charge < -0.3 is 19.5 Å². The molecule has 1 aliphatic rings. The van der Waals surface area contributed by atoms with Crippen molar-refractivity contribution in [1.29, 1.82) is 0 Å². The van der Waals surface area contributed by atoms with E-state index < -0.39 is 0 Å². The Labute approximate surface area is 163 Å². The van der Waals surface area contributed by atoms with Gasteiger partial charge in [-0.2, -0.15) is 5.10 Å². The number of hydrogen-bond donors (Lipinski definition) is 1. The number of aromatic nitrogens is 2. The minimum atomic E-state index is -0.0544. The molecule has 2 aromatic rings. The first-order valence-corrected chi connectivity index (χ1v) is 8.04. The third-order valence-electron chi connectivity index (χ3n) is 3.99. The maximum atomic E-state index is 12.3. The van der Waals surface area contributed by atoms with Crippen LogP contribution in [-0.4, -0.2) is 71.2 Å².